The molecule has 1 unspecified atom stereocenters. The molecule has 0 aliphatic carbocycles. The van der Waals surface area contributed by atoms with E-state index in [1.165, 1.54) is 0 Å². The summed E-state index contributed by atoms with van der Waals surface area (Å²) in [6.07, 6.45) is 0. The summed E-state index contributed by atoms with van der Waals surface area (Å²) >= 11 is 0. The first kappa shape index (κ1) is 12.6. The molecule has 1 aliphatic rings. The molecule has 5 heteroatoms. The summed E-state index contributed by atoms with van der Waals surface area (Å²) in [6.45, 7) is 4.09. The SMILES string of the molecule is CNC(=O)CNC1C(=O)Nc2cc(C)cc(C)c21. The fourth-order valence-electron chi connectivity index (χ4n) is 2.28. The molecule has 1 aromatic carbocycles. The van der Waals surface area contributed by atoms with E-state index in [0.29, 0.717) is 0 Å². The lowest BCUT2D eigenvalue weighted by Crippen LogP contribution is -2.36. The van der Waals surface area contributed by atoms with Gasteiger partial charge in [0.1, 0.15) is 6.04 Å². The molecule has 3 N–H and O–H groups in total. The lowest BCUT2D eigenvalue weighted by Gasteiger charge is -2.13. The molecule has 0 bridgehead atoms. The highest BCUT2D eigenvalue weighted by atomic mass is 16.2. The normalized spacial score (nSPS) is 17.3. The Kier molecular flexibility index (Phi) is 3.34. The number of carbonyl (C=O) groups is 2. The fraction of sp³-hybridized carbons (Fsp3) is 0.385. The van der Waals surface area contributed by atoms with Gasteiger partial charge in [-0.2, -0.15) is 0 Å². The average Bonchev–Trinajstić information content (AvgIpc) is 2.62. The fourth-order valence-corrected chi connectivity index (χ4v) is 2.28. The van der Waals surface area contributed by atoms with E-state index >= 15 is 0 Å². The van der Waals surface area contributed by atoms with E-state index in [9.17, 15) is 9.59 Å². The number of carbonyl (C=O) groups excluding carboxylic acids is 2. The van der Waals surface area contributed by atoms with Crippen LogP contribution in [0.3, 0.4) is 0 Å². The van der Waals surface area contributed by atoms with Gasteiger partial charge in [0.15, 0.2) is 0 Å². The summed E-state index contributed by atoms with van der Waals surface area (Å²) in [7, 11) is 1.57. The third-order valence-corrected chi connectivity index (χ3v) is 3.09. The highest BCUT2D eigenvalue weighted by molar-refractivity contribution is 6.03. The van der Waals surface area contributed by atoms with Gasteiger partial charge in [0.05, 0.1) is 6.54 Å². The number of fused-ring (bicyclic) bond motifs is 1. The topological polar surface area (TPSA) is 70.2 Å². The number of aryl methyl sites for hydroxylation is 2. The maximum absolute atomic E-state index is 11.9. The molecule has 5 nitrogen and oxygen atoms in total. The van der Waals surface area contributed by atoms with Crippen LogP contribution in [-0.4, -0.2) is 25.4 Å². The summed E-state index contributed by atoms with van der Waals surface area (Å²) in [4.78, 5) is 23.1. The van der Waals surface area contributed by atoms with Crippen LogP contribution in [0, 0.1) is 13.8 Å². The van der Waals surface area contributed by atoms with E-state index < -0.39 is 6.04 Å². The number of amides is 2. The maximum atomic E-state index is 11.9. The van der Waals surface area contributed by atoms with Crippen molar-refractivity contribution in [2.75, 3.05) is 18.9 Å². The summed E-state index contributed by atoms with van der Waals surface area (Å²) in [5.74, 6) is -0.247. The number of benzene rings is 1. The minimum absolute atomic E-state index is 0.109. The number of likely N-dealkylation sites (N-methyl/N-ethyl adjacent to an activating group) is 1. The lowest BCUT2D eigenvalue weighted by atomic mass is 10.00. The molecule has 1 aromatic rings. The minimum Gasteiger partial charge on any atom is -0.358 e. The predicted molar refractivity (Wildman–Crippen MR) is 69.4 cm³/mol. The van der Waals surface area contributed by atoms with Gasteiger partial charge in [-0.3, -0.25) is 14.9 Å². The van der Waals surface area contributed by atoms with Crippen LogP contribution in [0.15, 0.2) is 12.1 Å². The van der Waals surface area contributed by atoms with Gasteiger partial charge in [0.25, 0.3) is 0 Å². The molecule has 2 amide bonds. The number of hydrogen-bond donors (Lipinski definition) is 3. The number of rotatable bonds is 3. The van der Waals surface area contributed by atoms with Gasteiger partial charge >= 0.3 is 0 Å². The smallest absolute Gasteiger partial charge is 0.246 e. The molecular weight excluding hydrogens is 230 g/mol. The van der Waals surface area contributed by atoms with Gasteiger partial charge in [-0.25, -0.2) is 0 Å². The van der Waals surface area contributed by atoms with Crippen molar-refractivity contribution in [2.45, 2.75) is 19.9 Å². The molecule has 96 valence electrons. The molecule has 1 heterocycles. The largest absolute Gasteiger partial charge is 0.358 e. The molecule has 0 fully saturated rings. The molecule has 0 spiro atoms. The maximum Gasteiger partial charge on any atom is 0.246 e. The zero-order chi connectivity index (χ0) is 13.3. The lowest BCUT2D eigenvalue weighted by molar-refractivity contribution is -0.120. The zero-order valence-electron chi connectivity index (χ0n) is 10.8. The summed E-state index contributed by atoms with van der Waals surface area (Å²) < 4.78 is 0. The van der Waals surface area contributed by atoms with E-state index in [4.69, 9.17) is 0 Å². The second-order valence-corrected chi connectivity index (χ2v) is 4.52. The highest BCUT2D eigenvalue weighted by Crippen LogP contribution is 2.34. The first-order chi connectivity index (χ1) is 8.52. The molecule has 1 atom stereocenters. The van der Waals surface area contributed by atoms with Gasteiger partial charge in [0, 0.05) is 18.3 Å². The molecule has 0 saturated heterocycles. The zero-order valence-corrected chi connectivity index (χ0v) is 10.8. The Morgan fingerprint density at radius 3 is 2.78 bits per heavy atom. The Hall–Kier alpha value is -1.88. The van der Waals surface area contributed by atoms with Gasteiger partial charge in [-0.1, -0.05) is 6.07 Å². The Morgan fingerprint density at radius 1 is 1.39 bits per heavy atom. The van der Waals surface area contributed by atoms with Gasteiger partial charge in [0.2, 0.25) is 11.8 Å². The molecule has 18 heavy (non-hydrogen) atoms. The minimum atomic E-state index is -0.446. The Labute approximate surface area is 106 Å². The van der Waals surface area contributed by atoms with Crippen molar-refractivity contribution in [2.24, 2.45) is 0 Å². The Balaban J connectivity index is 2.25. The second kappa shape index (κ2) is 4.78. The van der Waals surface area contributed by atoms with Crippen molar-refractivity contribution in [3.05, 3.63) is 28.8 Å². The van der Waals surface area contributed by atoms with E-state index in [1.807, 2.05) is 26.0 Å². The van der Waals surface area contributed by atoms with Crippen LogP contribution in [0.4, 0.5) is 5.69 Å². The van der Waals surface area contributed by atoms with Crippen molar-refractivity contribution in [1.82, 2.24) is 10.6 Å². The summed E-state index contributed by atoms with van der Waals surface area (Å²) in [5, 5.41) is 8.33. The van der Waals surface area contributed by atoms with E-state index in [-0.39, 0.29) is 18.4 Å². The third-order valence-electron chi connectivity index (χ3n) is 3.09. The number of anilines is 1. The molecule has 0 radical (unpaired) electrons. The van der Waals surface area contributed by atoms with Crippen molar-refractivity contribution in [1.29, 1.82) is 0 Å². The number of hydrogen-bond acceptors (Lipinski definition) is 3. The Morgan fingerprint density at radius 2 is 2.11 bits per heavy atom. The summed E-state index contributed by atoms with van der Waals surface area (Å²) in [6, 6.07) is 3.54. The molecule has 0 saturated carbocycles. The molecule has 2 rings (SSSR count). The van der Waals surface area contributed by atoms with Crippen molar-refractivity contribution in [3.63, 3.8) is 0 Å². The van der Waals surface area contributed by atoms with Gasteiger partial charge in [-0.15, -0.1) is 0 Å². The van der Waals surface area contributed by atoms with Crippen molar-refractivity contribution >= 4 is 17.5 Å². The predicted octanol–water partition coefficient (Wildman–Crippen LogP) is 0.632. The highest BCUT2D eigenvalue weighted by Gasteiger charge is 2.31. The van der Waals surface area contributed by atoms with Crippen LogP contribution in [0.2, 0.25) is 0 Å². The van der Waals surface area contributed by atoms with Crippen molar-refractivity contribution in [3.8, 4) is 0 Å². The quantitative estimate of drug-likeness (QED) is 0.734. The summed E-state index contributed by atoms with van der Waals surface area (Å²) in [5.41, 5.74) is 3.94. The van der Waals surface area contributed by atoms with E-state index in [0.717, 1.165) is 22.4 Å². The van der Waals surface area contributed by atoms with Crippen LogP contribution in [0.1, 0.15) is 22.7 Å². The van der Waals surface area contributed by atoms with Crippen LogP contribution in [0.5, 0.6) is 0 Å². The standard InChI is InChI=1S/C13H17N3O2/c1-7-4-8(2)11-9(5-7)16-13(18)12(11)15-6-10(17)14-3/h4-5,12,15H,6H2,1-3H3,(H,14,17)(H,16,18). The Bertz CT molecular complexity index is 511. The van der Waals surface area contributed by atoms with Gasteiger partial charge < -0.3 is 10.6 Å². The molecular formula is C13H17N3O2. The van der Waals surface area contributed by atoms with E-state index in [2.05, 4.69) is 16.0 Å². The van der Waals surface area contributed by atoms with Gasteiger partial charge in [-0.05, 0) is 31.0 Å². The average molecular weight is 247 g/mol. The first-order valence-corrected chi connectivity index (χ1v) is 5.89. The van der Waals surface area contributed by atoms with E-state index in [1.54, 1.807) is 7.05 Å². The monoisotopic (exact) mass is 247 g/mol. The number of nitrogens with one attached hydrogen (secondary N) is 3. The van der Waals surface area contributed by atoms with Crippen molar-refractivity contribution < 1.29 is 9.59 Å². The molecule has 1 aliphatic heterocycles. The molecule has 0 aromatic heterocycles. The van der Waals surface area contributed by atoms with Crippen LogP contribution < -0.4 is 16.0 Å². The van der Waals surface area contributed by atoms with Crippen LogP contribution in [0.25, 0.3) is 0 Å². The first-order valence-electron chi connectivity index (χ1n) is 5.89. The van der Waals surface area contributed by atoms with Crippen LogP contribution >= 0.6 is 0 Å². The second-order valence-electron chi connectivity index (χ2n) is 4.52. The van der Waals surface area contributed by atoms with Crippen LogP contribution in [-0.2, 0) is 9.59 Å². The third kappa shape index (κ3) is 2.22.